The van der Waals surface area contributed by atoms with Gasteiger partial charge in [-0.15, -0.1) is 10.2 Å². The molecule has 38 heavy (non-hydrogen) atoms. The Morgan fingerprint density at radius 3 is 2.53 bits per heavy atom. The Labute approximate surface area is 227 Å². The lowest BCUT2D eigenvalue weighted by Crippen LogP contribution is -1.98. The molecule has 4 rings (SSSR count). The molecule has 0 saturated heterocycles. The smallest absolute Gasteiger partial charge is 0.264 e. The lowest BCUT2D eigenvalue weighted by atomic mass is 10.1. The van der Waals surface area contributed by atoms with Crippen molar-refractivity contribution in [2.75, 3.05) is 13.7 Å². The van der Waals surface area contributed by atoms with Crippen molar-refractivity contribution in [1.82, 2.24) is 15.2 Å². The lowest BCUT2D eigenvalue weighted by Gasteiger charge is -2.11. The number of aromatic amines is 1. The number of halogens is 3. The molecule has 0 aliphatic carbocycles. The number of carbonyl (C=O) groups is 2. The third-order valence-corrected chi connectivity index (χ3v) is 5.74. The number of benzene rings is 2. The van der Waals surface area contributed by atoms with Crippen LogP contribution in [0.3, 0.4) is 0 Å². The van der Waals surface area contributed by atoms with Crippen LogP contribution in [0.25, 0.3) is 11.6 Å². The Hall–Kier alpha value is -4.04. The number of H-pyrrole nitrogens is 1. The maximum Gasteiger partial charge on any atom is 0.264 e. The Morgan fingerprint density at radius 1 is 1.18 bits per heavy atom. The number of ether oxygens (including phenoxy) is 2. The molecular formula is C26H21Cl2FN4O5. The number of nitrogens with zero attached hydrogens (tertiary/aromatic N) is 3. The molecule has 0 aliphatic heterocycles. The molecule has 12 heteroatoms. The summed E-state index contributed by atoms with van der Waals surface area (Å²) in [7, 11) is 1.68. The molecule has 0 unspecified atom stereocenters. The van der Waals surface area contributed by atoms with Gasteiger partial charge in [0.1, 0.15) is 11.4 Å². The van der Waals surface area contributed by atoms with Gasteiger partial charge in [0.15, 0.2) is 24.1 Å². The van der Waals surface area contributed by atoms with Gasteiger partial charge in [0.2, 0.25) is 5.89 Å². The minimum Gasteiger partial charge on any atom is -0.453 e. The van der Waals surface area contributed by atoms with Gasteiger partial charge in [-0.3, -0.25) is 9.59 Å². The topological polar surface area (TPSA) is 131 Å². The van der Waals surface area contributed by atoms with Crippen molar-refractivity contribution in [3.63, 3.8) is 0 Å². The van der Waals surface area contributed by atoms with E-state index in [4.69, 9.17) is 37.6 Å². The normalized spacial score (nSPS) is 10.3. The summed E-state index contributed by atoms with van der Waals surface area (Å²) in [6.45, 7) is 4.41. The van der Waals surface area contributed by atoms with Crippen LogP contribution in [0.1, 0.15) is 50.4 Å². The van der Waals surface area contributed by atoms with E-state index in [1.807, 2.05) is 13.0 Å². The van der Waals surface area contributed by atoms with E-state index in [1.54, 1.807) is 14.0 Å². The Morgan fingerprint density at radius 2 is 1.92 bits per heavy atom. The van der Waals surface area contributed by atoms with Crippen molar-refractivity contribution in [2.45, 2.75) is 20.3 Å². The van der Waals surface area contributed by atoms with Crippen molar-refractivity contribution in [3.05, 3.63) is 80.0 Å². The first-order chi connectivity index (χ1) is 18.3. The SMILES string of the molecule is CCOC.Cc1c(-c2nnc(Cc3ccc(Cl)c(Oc4cc(Cl)cc(C#N)c4)c3F)o2)[nH]c(C=O)c1C=O. The Balaban J connectivity index is 0.000000934. The van der Waals surface area contributed by atoms with Crippen molar-refractivity contribution in [2.24, 2.45) is 0 Å². The van der Waals surface area contributed by atoms with Crippen LogP contribution in [-0.2, 0) is 11.2 Å². The number of aldehydes is 2. The van der Waals surface area contributed by atoms with Gasteiger partial charge in [-0.2, -0.15) is 5.26 Å². The molecule has 9 nitrogen and oxygen atoms in total. The van der Waals surface area contributed by atoms with Crippen LogP contribution in [-0.4, -0.2) is 41.5 Å². The zero-order valence-corrected chi connectivity index (χ0v) is 22.0. The minimum atomic E-state index is -0.756. The molecule has 2 aromatic carbocycles. The van der Waals surface area contributed by atoms with Crippen LogP contribution in [0.2, 0.25) is 10.0 Å². The molecule has 2 aromatic heterocycles. The van der Waals surface area contributed by atoms with E-state index in [1.165, 1.54) is 30.3 Å². The second-order valence-electron chi connectivity index (χ2n) is 7.68. The molecule has 0 saturated carbocycles. The summed E-state index contributed by atoms with van der Waals surface area (Å²) < 4.78 is 31.0. The summed E-state index contributed by atoms with van der Waals surface area (Å²) in [5.41, 5.74) is 1.46. The van der Waals surface area contributed by atoms with Gasteiger partial charge in [-0.25, -0.2) is 4.39 Å². The third-order valence-electron chi connectivity index (χ3n) is 5.22. The van der Waals surface area contributed by atoms with Gasteiger partial charge < -0.3 is 18.9 Å². The van der Waals surface area contributed by atoms with Gasteiger partial charge in [0, 0.05) is 29.9 Å². The summed E-state index contributed by atoms with van der Waals surface area (Å²) in [5.74, 6) is -0.755. The monoisotopic (exact) mass is 558 g/mol. The van der Waals surface area contributed by atoms with Crippen LogP contribution >= 0.6 is 23.2 Å². The predicted molar refractivity (Wildman–Crippen MR) is 138 cm³/mol. The summed E-state index contributed by atoms with van der Waals surface area (Å²) in [4.78, 5) is 25.2. The molecule has 4 aromatic rings. The number of methoxy groups -OCH3 is 1. The van der Waals surface area contributed by atoms with Crippen molar-refractivity contribution in [1.29, 1.82) is 5.26 Å². The van der Waals surface area contributed by atoms with Crippen LogP contribution in [0, 0.1) is 24.1 Å². The zero-order valence-electron chi connectivity index (χ0n) is 20.5. The second kappa shape index (κ2) is 13.0. The van der Waals surface area contributed by atoms with Crippen LogP contribution in [0.15, 0.2) is 34.7 Å². The third kappa shape index (κ3) is 6.44. The lowest BCUT2D eigenvalue weighted by molar-refractivity contribution is 0.109. The van der Waals surface area contributed by atoms with Crippen molar-refractivity contribution >= 4 is 35.8 Å². The van der Waals surface area contributed by atoms with Gasteiger partial charge in [-0.05, 0) is 43.7 Å². The summed E-state index contributed by atoms with van der Waals surface area (Å²) in [6.07, 6.45) is 0.980. The number of nitrogens with one attached hydrogen (secondary N) is 1. The van der Waals surface area contributed by atoms with Crippen LogP contribution < -0.4 is 4.74 Å². The first-order valence-corrected chi connectivity index (χ1v) is 11.8. The van der Waals surface area contributed by atoms with E-state index in [-0.39, 0.29) is 62.1 Å². The van der Waals surface area contributed by atoms with Gasteiger partial charge in [0.05, 0.1) is 28.8 Å². The number of carbonyl (C=O) groups excluding carboxylic acids is 2. The van der Waals surface area contributed by atoms with E-state index in [9.17, 15) is 9.59 Å². The number of aromatic nitrogens is 3. The maximum atomic E-state index is 15.2. The molecule has 0 bridgehead atoms. The minimum absolute atomic E-state index is 0.00995. The predicted octanol–water partition coefficient (Wildman–Crippen LogP) is 6.35. The average Bonchev–Trinajstić information content (AvgIpc) is 3.51. The van der Waals surface area contributed by atoms with E-state index in [2.05, 4.69) is 19.9 Å². The first-order valence-electron chi connectivity index (χ1n) is 11.1. The van der Waals surface area contributed by atoms with Gasteiger partial charge >= 0.3 is 0 Å². The maximum absolute atomic E-state index is 15.2. The van der Waals surface area contributed by atoms with E-state index in [0.717, 1.165) is 6.61 Å². The molecular weight excluding hydrogens is 538 g/mol. The number of hydrogen-bond donors (Lipinski definition) is 1. The second-order valence-corrected chi connectivity index (χ2v) is 8.53. The summed E-state index contributed by atoms with van der Waals surface area (Å²) in [6, 6.07) is 9.10. The van der Waals surface area contributed by atoms with E-state index in [0.29, 0.717) is 23.8 Å². The van der Waals surface area contributed by atoms with Gasteiger partial charge in [-0.1, -0.05) is 29.3 Å². The quantitative estimate of drug-likeness (QED) is 0.247. The van der Waals surface area contributed by atoms with Crippen molar-refractivity contribution < 1.29 is 27.9 Å². The highest BCUT2D eigenvalue weighted by molar-refractivity contribution is 6.32. The van der Waals surface area contributed by atoms with Crippen molar-refractivity contribution in [3.8, 4) is 29.2 Å². The summed E-state index contributed by atoms with van der Waals surface area (Å²) in [5, 5.41) is 17.2. The molecule has 196 valence electrons. The molecule has 0 fully saturated rings. The number of rotatable bonds is 8. The Kier molecular flexibility index (Phi) is 9.73. The van der Waals surface area contributed by atoms with Crippen LogP contribution in [0.4, 0.5) is 4.39 Å². The molecule has 0 aliphatic rings. The fourth-order valence-electron chi connectivity index (χ4n) is 3.29. The first kappa shape index (κ1) is 28.5. The standard InChI is InChI=1S/C23H13Cl2FN4O4.C3H8O/c1-11-16(9-31)18(10-32)28-21(11)23-30-29-19(34-23)6-13-2-3-17(25)22(20(13)26)33-15-5-12(8-27)4-14(24)7-15;1-3-4-2/h2-5,7,9-10,28H,6H2,1H3;3H2,1-2H3. The highest BCUT2D eigenvalue weighted by Gasteiger charge is 2.21. The Bertz CT molecular complexity index is 1510. The van der Waals surface area contributed by atoms with Crippen LogP contribution in [0.5, 0.6) is 11.5 Å². The fourth-order valence-corrected chi connectivity index (χ4v) is 3.70. The van der Waals surface area contributed by atoms with E-state index < -0.39 is 5.82 Å². The molecule has 0 amide bonds. The number of hydrogen-bond acceptors (Lipinski definition) is 8. The van der Waals surface area contributed by atoms with Gasteiger partial charge in [0.25, 0.3) is 5.89 Å². The average molecular weight is 559 g/mol. The molecule has 2 heterocycles. The largest absolute Gasteiger partial charge is 0.453 e. The zero-order chi connectivity index (χ0) is 27.8. The number of nitriles is 1. The summed E-state index contributed by atoms with van der Waals surface area (Å²) >= 11 is 12.1. The highest BCUT2D eigenvalue weighted by Crippen LogP contribution is 2.36. The fraction of sp³-hybridized carbons (Fsp3) is 0.192. The molecule has 0 atom stereocenters. The molecule has 0 radical (unpaired) electrons. The highest BCUT2D eigenvalue weighted by atomic mass is 35.5. The molecule has 0 spiro atoms. The van der Waals surface area contributed by atoms with E-state index >= 15 is 4.39 Å². The molecule has 1 N–H and O–H groups in total.